The third-order valence-electron chi connectivity index (χ3n) is 5.66. The number of hydrogen-bond donors (Lipinski definition) is 0. The summed E-state index contributed by atoms with van der Waals surface area (Å²) in [5, 5.41) is 3.23. The summed E-state index contributed by atoms with van der Waals surface area (Å²) in [5.41, 5.74) is 3.65. The van der Waals surface area contributed by atoms with Gasteiger partial charge in [0, 0.05) is 56.6 Å². The van der Waals surface area contributed by atoms with Crippen molar-refractivity contribution in [2.75, 3.05) is 53.0 Å². The molecule has 0 atom stereocenters. The molecular formula is C25H31N3O2S. The number of thiazole rings is 1. The van der Waals surface area contributed by atoms with Gasteiger partial charge >= 0.3 is 0 Å². The quantitative estimate of drug-likeness (QED) is 0.445. The first-order valence-corrected chi connectivity index (χ1v) is 11.8. The zero-order valence-electron chi connectivity index (χ0n) is 18.2. The molecule has 1 aromatic heterocycles. The SMILES string of the molecule is COc1ccc(CN2CCN(CCOCCc3csc(-c4ccccc4)n3)CC2)cc1. The van der Waals surface area contributed by atoms with Crippen LogP contribution in [0.3, 0.4) is 0 Å². The maximum absolute atomic E-state index is 5.90. The van der Waals surface area contributed by atoms with E-state index in [0.717, 1.165) is 75.4 Å². The van der Waals surface area contributed by atoms with Crippen LogP contribution in [0.4, 0.5) is 0 Å². The zero-order chi connectivity index (χ0) is 21.3. The summed E-state index contributed by atoms with van der Waals surface area (Å²) < 4.78 is 11.1. The topological polar surface area (TPSA) is 37.8 Å². The summed E-state index contributed by atoms with van der Waals surface area (Å²) in [7, 11) is 1.71. The van der Waals surface area contributed by atoms with Crippen LogP contribution >= 0.6 is 11.3 Å². The second-order valence-corrected chi connectivity index (χ2v) is 8.70. The Morgan fingerprint density at radius 2 is 1.65 bits per heavy atom. The fraction of sp³-hybridized carbons (Fsp3) is 0.400. The highest BCUT2D eigenvalue weighted by Gasteiger charge is 2.16. The molecular weight excluding hydrogens is 406 g/mol. The number of nitrogens with zero attached hydrogens (tertiary/aromatic N) is 3. The van der Waals surface area contributed by atoms with E-state index >= 15 is 0 Å². The average molecular weight is 438 g/mol. The van der Waals surface area contributed by atoms with Crippen LogP contribution in [-0.4, -0.2) is 67.8 Å². The van der Waals surface area contributed by atoms with Crippen molar-refractivity contribution in [2.45, 2.75) is 13.0 Å². The van der Waals surface area contributed by atoms with Crippen molar-refractivity contribution in [3.8, 4) is 16.3 Å². The smallest absolute Gasteiger partial charge is 0.123 e. The van der Waals surface area contributed by atoms with Crippen LogP contribution < -0.4 is 4.74 Å². The van der Waals surface area contributed by atoms with Crippen LogP contribution in [0.5, 0.6) is 5.75 Å². The van der Waals surface area contributed by atoms with E-state index < -0.39 is 0 Å². The number of piperazine rings is 1. The molecule has 6 heteroatoms. The van der Waals surface area contributed by atoms with Gasteiger partial charge in [0.25, 0.3) is 0 Å². The normalized spacial score (nSPS) is 15.3. The van der Waals surface area contributed by atoms with E-state index in [0.29, 0.717) is 0 Å². The highest BCUT2D eigenvalue weighted by Crippen LogP contribution is 2.23. The van der Waals surface area contributed by atoms with E-state index in [2.05, 4.69) is 51.6 Å². The molecule has 164 valence electrons. The molecule has 1 saturated heterocycles. The summed E-state index contributed by atoms with van der Waals surface area (Å²) >= 11 is 1.71. The lowest BCUT2D eigenvalue weighted by molar-refractivity contribution is 0.0745. The van der Waals surface area contributed by atoms with Crippen molar-refractivity contribution >= 4 is 11.3 Å². The Labute approximate surface area is 189 Å². The van der Waals surface area contributed by atoms with Gasteiger partial charge in [-0.1, -0.05) is 42.5 Å². The summed E-state index contributed by atoms with van der Waals surface area (Å²) in [5.74, 6) is 0.917. The first kappa shape index (κ1) is 22.0. The van der Waals surface area contributed by atoms with E-state index in [4.69, 9.17) is 14.5 Å². The Morgan fingerprint density at radius 3 is 2.39 bits per heavy atom. The monoisotopic (exact) mass is 437 g/mol. The predicted octanol–water partition coefficient (Wildman–Crippen LogP) is 4.20. The molecule has 0 radical (unpaired) electrons. The first-order valence-electron chi connectivity index (χ1n) is 11.0. The van der Waals surface area contributed by atoms with Crippen LogP contribution in [0, 0.1) is 0 Å². The number of rotatable bonds is 10. The van der Waals surface area contributed by atoms with Gasteiger partial charge in [0.1, 0.15) is 10.8 Å². The van der Waals surface area contributed by atoms with Gasteiger partial charge < -0.3 is 9.47 Å². The van der Waals surface area contributed by atoms with E-state index in [1.807, 2.05) is 18.2 Å². The van der Waals surface area contributed by atoms with Crippen LogP contribution in [0.1, 0.15) is 11.3 Å². The van der Waals surface area contributed by atoms with Gasteiger partial charge in [-0.15, -0.1) is 11.3 Å². The molecule has 0 unspecified atom stereocenters. The van der Waals surface area contributed by atoms with Crippen LogP contribution in [0.15, 0.2) is 60.0 Å². The summed E-state index contributed by atoms with van der Waals surface area (Å²) in [6, 6.07) is 18.7. The van der Waals surface area contributed by atoms with E-state index in [-0.39, 0.29) is 0 Å². The maximum Gasteiger partial charge on any atom is 0.123 e. The van der Waals surface area contributed by atoms with Crippen molar-refractivity contribution in [1.29, 1.82) is 0 Å². The minimum Gasteiger partial charge on any atom is -0.497 e. The fourth-order valence-corrected chi connectivity index (χ4v) is 4.63. The number of benzene rings is 2. The molecule has 1 aliphatic rings. The highest BCUT2D eigenvalue weighted by molar-refractivity contribution is 7.13. The van der Waals surface area contributed by atoms with Crippen molar-refractivity contribution in [3.63, 3.8) is 0 Å². The Kier molecular flexibility index (Phi) is 8.07. The number of hydrogen-bond acceptors (Lipinski definition) is 6. The van der Waals surface area contributed by atoms with E-state index in [9.17, 15) is 0 Å². The number of ether oxygens (including phenoxy) is 2. The Bertz CT molecular complexity index is 906. The lowest BCUT2D eigenvalue weighted by Crippen LogP contribution is -2.46. The standard InChI is InChI=1S/C25H31N3O2S/c1-29-24-9-7-21(8-10-24)19-28-14-12-27(13-15-28)16-18-30-17-11-23-20-31-25(26-23)22-5-3-2-4-6-22/h2-10,20H,11-19H2,1H3. The molecule has 0 aliphatic carbocycles. The molecule has 2 aromatic carbocycles. The molecule has 0 bridgehead atoms. The number of methoxy groups -OCH3 is 1. The minimum absolute atomic E-state index is 0.732. The highest BCUT2D eigenvalue weighted by atomic mass is 32.1. The van der Waals surface area contributed by atoms with Gasteiger partial charge in [0.15, 0.2) is 0 Å². The first-order chi connectivity index (χ1) is 15.3. The van der Waals surface area contributed by atoms with Gasteiger partial charge in [-0.05, 0) is 17.7 Å². The molecule has 2 heterocycles. The molecule has 5 nitrogen and oxygen atoms in total. The second kappa shape index (κ2) is 11.4. The van der Waals surface area contributed by atoms with Crippen molar-refractivity contribution in [1.82, 2.24) is 14.8 Å². The van der Waals surface area contributed by atoms with Gasteiger partial charge in [0.2, 0.25) is 0 Å². The molecule has 3 aromatic rings. The Balaban J connectivity index is 1.09. The molecule has 1 fully saturated rings. The van der Waals surface area contributed by atoms with Crippen LogP contribution in [0.2, 0.25) is 0 Å². The fourth-order valence-electron chi connectivity index (χ4n) is 3.77. The van der Waals surface area contributed by atoms with E-state index in [1.165, 1.54) is 11.1 Å². The zero-order valence-corrected chi connectivity index (χ0v) is 19.0. The van der Waals surface area contributed by atoms with E-state index in [1.54, 1.807) is 18.4 Å². The van der Waals surface area contributed by atoms with Crippen LogP contribution in [-0.2, 0) is 17.7 Å². The van der Waals surface area contributed by atoms with Crippen LogP contribution in [0.25, 0.3) is 10.6 Å². The molecule has 0 N–H and O–H groups in total. The average Bonchev–Trinajstić information content (AvgIpc) is 3.30. The Morgan fingerprint density at radius 1 is 0.903 bits per heavy atom. The summed E-state index contributed by atoms with van der Waals surface area (Å²) in [6.45, 7) is 7.94. The third kappa shape index (κ3) is 6.61. The van der Waals surface area contributed by atoms with Crippen molar-refractivity contribution in [2.24, 2.45) is 0 Å². The third-order valence-corrected chi connectivity index (χ3v) is 6.60. The summed E-state index contributed by atoms with van der Waals surface area (Å²) in [6.07, 6.45) is 0.874. The van der Waals surface area contributed by atoms with Gasteiger partial charge in [-0.2, -0.15) is 0 Å². The van der Waals surface area contributed by atoms with Gasteiger partial charge in [-0.25, -0.2) is 4.98 Å². The van der Waals surface area contributed by atoms with Crippen molar-refractivity contribution < 1.29 is 9.47 Å². The molecule has 0 saturated carbocycles. The van der Waals surface area contributed by atoms with Gasteiger partial charge in [-0.3, -0.25) is 9.80 Å². The maximum atomic E-state index is 5.90. The number of aromatic nitrogens is 1. The predicted molar refractivity (Wildman–Crippen MR) is 127 cm³/mol. The lowest BCUT2D eigenvalue weighted by Gasteiger charge is -2.34. The lowest BCUT2D eigenvalue weighted by atomic mass is 10.2. The molecule has 0 spiro atoms. The molecule has 0 amide bonds. The summed E-state index contributed by atoms with van der Waals surface area (Å²) in [4.78, 5) is 9.76. The molecule has 31 heavy (non-hydrogen) atoms. The molecule has 4 rings (SSSR count). The van der Waals surface area contributed by atoms with Crippen molar-refractivity contribution in [3.05, 3.63) is 71.2 Å². The molecule has 1 aliphatic heterocycles. The second-order valence-electron chi connectivity index (χ2n) is 7.84. The Hall–Kier alpha value is -2.25. The minimum atomic E-state index is 0.732. The largest absolute Gasteiger partial charge is 0.497 e. The van der Waals surface area contributed by atoms with Gasteiger partial charge in [0.05, 0.1) is 26.0 Å².